The fraction of sp³-hybridized carbons (Fsp3) is 0.900. The van der Waals surface area contributed by atoms with Crippen molar-refractivity contribution in [2.75, 3.05) is 32.7 Å². The van der Waals surface area contributed by atoms with Gasteiger partial charge in [-0.15, -0.1) is 0 Å². The number of rotatable bonds is 2. The lowest BCUT2D eigenvalue weighted by atomic mass is 10.1. The first-order valence-electron chi connectivity index (χ1n) is 5.51. The molecule has 1 N–H and O–H groups in total. The van der Waals surface area contributed by atoms with Gasteiger partial charge in [0.15, 0.2) is 0 Å². The van der Waals surface area contributed by atoms with E-state index in [0.29, 0.717) is 12.3 Å². The topological polar surface area (TPSA) is 46.4 Å². The van der Waals surface area contributed by atoms with E-state index < -0.39 is 0 Å². The Hall–Kier alpha value is -0.610. The molecule has 0 aromatic carbocycles. The van der Waals surface area contributed by atoms with Crippen LogP contribution in [0, 0.1) is 0 Å². The first-order valence-corrected chi connectivity index (χ1v) is 5.51. The van der Waals surface area contributed by atoms with E-state index >= 15 is 0 Å². The van der Waals surface area contributed by atoms with Crippen LogP contribution >= 0.6 is 0 Å². The van der Waals surface area contributed by atoms with Crippen LogP contribution in [0.15, 0.2) is 0 Å². The van der Waals surface area contributed by atoms with Gasteiger partial charge in [0.1, 0.15) is 0 Å². The fourth-order valence-corrected chi connectivity index (χ4v) is 2.09. The van der Waals surface area contributed by atoms with E-state index in [1.165, 1.54) is 12.8 Å². The molecule has 2 fully saturated rings. The maximum absolute atomic E-state index is 11.8. The normalized spacial score (nSPS) is 28.0. The van der Waals surface area contributed by atoms with Crippen molar-refractivity contribution in [2.24, 2.45) is 0 Å². The average molecular weight is 196 g/mol. The predicted molar refractivity (Wildman–Crippen MR) is 54.1 cm³/mol. The first kappa shape index (κ1) is 9.93. The molecule has 0 aromatic rings. The molecule has 1 amide bonds. The summed E-state index contributed by atoms with van der Waals surface area (Å²) in [6.45, 7) is 4.61. The van der Waals surface area contributed by atoms with Gasteiger partial charge in [0.25, 0.3) is 0 Å². The van der Waals surface area contributed by atoms with Crippen LogP contribution in [-0.2, 0) is 4.79 Å². The second-order valence-electron chi connectivity index (χ2n) is 4.06. The van der Waals surface area contributed by atoms with E-state index in [0.717, 1.165) is 32.7 Å². The van der Waals surface area contributed by atoms with Gasteiger partial charge < -0.3 is 10.2 Å². The van der Waals surface area contributed by atoms with Gasteiger partial charge in [-0.2, -0.15) is 0 Å². The number of hydrogen-bond donors (Lipinski definition) is 1. The molecule has 0 spiro atoms. The van der Waals surface area contributed by atoms with Gasteiger partial charge in [0, 0.05) is 45.2 Å². The smallest absolute Gasteiger partial charge is 0.224 e. The monoisotopic (exact) mass is 196 g/mol. The molecule has 1 radical (unpaired) electrons. The van der Waals surface area contributed by atoms with Gasteiger partial charge in [-0.1, -0.05) is 0 Å². The molecule has 2 saturated heterocycles. The molecule has 2 aliphatic heterocycles. The molecule has 4 nitrogen and oxygen atoms in total. The van der Waals surface area contributed by atoms with Crippen molar-refractivity contribution in [1.29, 1.82) is 0 Å². The Morgan fingerprint density at radius 1 is 1.43 bits per heavy atom. The van der Waals surface area contributed by atoms with E-state index in [9.17, 15) is 4.79 Å². The van der Waals surface area contributed by atoms with Crippen molar-refractivity contribution < 1.29 is 4.79 Å². The maximum Gasteiger partial charge on any atom is 0.224 e. The third-order valence-electron chi connectivity index (χ3n) is 2.92. The Kier molecular flexibility index (Phi) is 3.37. The second kappa shape index (κ2) is 4.75. The SMILES string of the molecule is O=C(CC1CNCC[N]1)N1CCCC1. The van der Waals surface area contributed by atoms with Crippen LogP contribution in [0.2, 0.25) is 0 Å². The molecule has 2 aliphatic rings. The minimum Gasteiger partial charge on any atom is -0.343 e. The molecule has 14 heavy (non-hydrogen) atoms. The number of amides is 1. The maximum atomic E-state index is 11.8. The Bertz CT molecular complexity index is 196. The highest BCUT2D eigenvalue weighted by molar-refractivity contribution is 5.77. The van der Waals surface area contributed by atoms with Crippen molar-refractivity contribution in [1.82, 2.24) is 15.5 Å². The molecular formula is C10H18N3O. The summed E-state index contributed by atoms with van der Waals surface area (Å²) in [4.78, 5) is 13.7. The highest BCUT2D eigenvalue weighted by Gasteiger charge is 2.22. The highest BCUT2D eigenvalue weighted by Crippen LogP contribution is 2.10. The largest absolute Gasteiger partial charge is 0.343 e. The summed E-state index contributed by atoms with van der Waals surface area (Å²) < 4.78 is 0. The molecule has 2 rings (SSSR count). The van der Waals surface area contributed by atoms with Crippen LogP contribution in [0.5, 0.6) is 0 Å². The summed E-state index contributed by atoms with van der Waals surface area (Å²) in [6.07, 6.45) is 2.95. The van der Waals surface area contributed by atoms with Crippen molar-refractivity contribution in [3.05, 3.63) is 0 Å². The van der Waals surface area contributed by atoms with E-state index in [4.69, 9.17) is 0 Å². The fourth-order valence-electron chi connectivity index (χ4n) is 2.09. The zero-order valence-electron chi connectivity index (χ0n) is 8.54. The third kappa shape index (κ3) is 2.45. The van der Waals surface area contributed by atoms with Crippen LogP contribution in [0.3, 0.4) is 0 Å². The van der Waals surface area contributed by atoms with E-state index in [1.807, 2.05) is 4.90 Å². The van der Waals surface area contributed by atoms with Crippen LogP contribution in [0.25, 0.3) is 0 Å². The molecule has 0 aliphatic carbocycles. The minimum absolute atomic E-state index is 0.219. The van der Waals surface area contributed by atoms with E-state index in [1.54, 1.807) is 0 Å². The average Bonchev–Trinajstić information content (AvgIpc) is 2.72. The molecule has 0 aromatic heterocycles. The number of likely N-dealkylation sites (tertiary alicyclic amines) is 1. The molecule has 79 valence electrons. The van der Waals surface area contributed by atoms with Gasteiger partial charge in [0.2, 0.25) is 5.91 Å². The summed E-state index contributed by atoms with van der Waals surface area (Å²) >= 11 is 0. The Morgan fingerprint density at radius 2 is 2.21 bits per heavy atom. The van der Waals surface area contributed by atoms with Gasteiger partial charge in [-0.3, -0.25) is 4.79 Å². The lowest BCUT2D eigenvalue weighted by molar-refractivity contribution is -0.130. The second-order valence-corrected chi connectivity index (χ2v) is 4.06. The summed E-state index contributed by atoms with van der Waals surface area (Å²) in [5.41, 5.74) is 0. The highest BCUT2D eigenvalue weighted by atomic mass is 16.2. The van der Waals surface area contributed by atoms with Crippen LogP contribution in [0.1, 0.15) is 19.3 Å². The van der Waals surface area contributed by atoms with Crippen molar-refractivity contribution in [3.8, 4) is 0 Å². The van der Waals surface area contributed by atoms with Gasteiger partial charge in [-0.05, 0) is 12.8 Å². The zero-order chi connectivity index (χ0) is 9.80. The number of carbonyl (C=O) groups is 1. The molecule has 0 bridgehead atoms. The third-order valence-corrected chi connectivity index (χ3v) is 2.92. The number of nitrogens with one attached hydrogen (secondary N) is 1. The van der Waals surface area contributed by atoms with Crippen LogP contribution in [-0.4, -0.2) is 49.6 Å². The number of nitrogens with zero attached hydrogens (tertiary/aromatic N) is 2. The summed E-state index contributed by atoms with van der Waals surface area (Å²) in [7, 11) is 0. The standard InChI is InChI=1S/C10H18N3O/c14-10(13-5-1-2-6-13)7-9-8-11-3-4-12-9/h9,11H,1-8H2. The van der Waals surface area contributed by atoms with Crippen LogP contribution in [0.4, 0.5) is 0 Å². The summed E-state index contributed by atoms with van der Waals surface area (Å²) in [6, 6.07) is 0.219. The lowest BCUT2D eigenvalue weighted by Crippen LogP contribution is -2.46. The van der Waals surface area contributed by atoms with E-state index in [2.05, 4.69) is 10.6 Å². The molecule has 4 heteroatoms. The predicted octanol–water partition coefficient (Wildman–Crippen LogP) is -0.425. The Morgan fingerprint density at radius 3 is 2.86 bits per heavy atom. The lowest BCUT2D eigenvalue weighted by Gasteiger charge is -2.24. The van der Waals surface area contributed by atoms with Gasteiger partial charge >= 0.3 is 0 Å². The molecule has 1 atom stereocenters. The van der Waals surface area contributed by atoms with E-state index in [-0.39, 0.29) is 6.04 Å². The van der Waals surface area contributed by atoms with Gasteiger partial charge in [-0.25, -0.2) is 5.32 Å². The zero-order valence-corrected chi connectivity index (χ0v) is 8.54. The van der Waals surface area contributed by atoms with Gasteiger partial charge in [0.05, 0.1) is 0 Å². The minimum atomic E-state index is 0.219. The molecule has 1 unspecified atom stereocenters. The Labute approximate surface area is 85.0 Å². The number of carbonyl (C=O) groups excluding carboxylic acids is 1. The number of piperazine rings is 1. The molecule has 0 saturated carbocycles. The molecular weight excluding hydrogens is 178 g/mol. The van der Waals surface area contributed by atoms with Crippen molar-refractivity contribution >= 4 is 5.91 Å². The quantitative estimate of drug-likeness (QED) is 0.652. The van der Waals surface area contributed by atoms with Crippen molar-refractivity contribution in [2.45, 2.75) is 25.3 Å². The first-order chi connectivity index (χ1) is 6.86. The van der Waals surface area contributed by atoms with Crippen LogP contribution < -0.4 is 10.6 Å². The summed E-state index contributed by atoms with van der Waals surface area (Å²) in [5, 5.41) is 7.70. The summed E-state index contributed by atoms with van der Waals surface area (Å²) in [5.74, 6) is 0.292. The Balaban J connectivity index is 1.75. The number of hydrogen-bond acceptors (Lipinski definition) is 2. The molecule has 2 heterocycles. The van der Waals surface area contributed by atoms with Crippen molar-refractivity contribution in [3.63, 3.8) is 0 Å².